The normalized spacial score (nSPS) is 11.2. The first kappa shape index (κ1) is 22.4. The quantitative estimate of drug-likeness (QED) is 0.433. The van der Waals surface area contributed by atoms with Crippen molar-refractivity contribution in [2.24, 2.45) is 5.73 Å². The number of rotatable bonds is 8. The van der Waals surface area contributed by atoms with Crippen molar-refractivity contribution < 1.29 is 19.0 Å². The molecule has 0 radical (unpaired) electrons. The van der Waals surface area contributed by atoms with Crippen LogP contribution >= 0.6 is 0 Å². The van der Waals surface area contributed by atoms with Gasteiger partial charge in [0.25, 0.3) is 0 Å². The third-order valence-electron chi connectivity index (χ3n) is 5.53. The highest BCUT2D eigenvalue weighted by molar-refractivity contribution is 6.07. The second kappa shape index (κ2) is 9.34. The smallest absolute Gasteiger partial charge is 0.249 e. The molecule has 0 unspecified atom stereocenters. The predicted molar refractivity (Wildman–Crippen MR) is 130 cm³/mol. The summed E-state index contributed by atoms with van der Waals surface area (Å²) < 4.78 is 17.1. The van der Waals surface area contributed by atoms with Gasteiger partial charge in [-0.2, -0.15) is 0 Å². The van der Waals surface area contributed by atoms with E-state index in [0.29, 0.717) is 28.6 Å². The fourth-order valence-electron chi connectivity index (χ4n) is 3.84. The van der Waals surface area contributed by atoms with E-state index in [1.807, 2.05) is 50.5 Å². The van der Waals surface area contributed by atoms with Gasteiger partial charge in [0, 0.05) is 29.8 Å². The van der Waals surface area contributed by atoms with Gasteiger partial charge in [0.05, 0.1) is 19.7 Å². The number of hydrogen-bond acceptors (Lipinski definition) is 6. The summed E-state index contributed by atoms with van der Waals surface area (Å²) in [6.45, 7) is 0.869. The lowest BCUT2D eigenvalue weighted by atomic mass is 9.98. The first-order valence-electron chi connectivity index (χ1n) is 10.6. The van der Waals surface area contributed by atoms with Gasteiger partial charge in [0.15, 0.2) is 11.5 Å². The lowest BCUT2D eigenvalue weighted by Gasteiger charge is -2.14. The van der Waals surface area contributed by atoms with E-state index in [9.17, 15) is 4.79 Å². The average Bonchev–Trinajstić information content (AvgIpc) is 2.81. The van der Waals surface area contributed by atoms with E-state index in [1.165, 1.54) is 0 Å². The molecule has 7 heteroatoms. The number of primary amides is 1. The molecule has 1 aromatic heterocycles. The van der Waals surface area contributed by atoms with E-state index in [2.05, 4.69) is 16.0 Å². The van der Waals surface area contributed by atoms with Crippen molar-refractivity contribution in [3.63, 3.8) is 0 Å². The minimum atomic E-state index is -0.443. The van der Waals surface area contributed by atoms with Crippen LogP contribution in [0.15, 0.2) is 54.7 Å². The summed E-state index contributed by atoms with van der Waals surface area (Å²) in [7, 11) is 7.22. The van der Waals surface area contributed by atoms with Crippen molar-refractivity contribution in [3.8, 4) is 23.0 Å². The van der Waals surface area contributed by atoms with Crippen molar-refractivity contribution in [2.75, 3.05) is 34.9 Å². The predicted octanol–water partition coefficient (Wildman–Crippen LogP) is 4.40. The maximum absolute atomic E-state index is 12.1. The maximum Gasteiger partial charge on any atom is 0.249 e. The highest BCUT2D eigenvalue weighted by atomic mass is 16.5. The Hall–Kier alpha value is -3.84. The summed E-state index contributed by atoms with van der Waals surface area (Å²) in [4.78, 5) is 18.6. The van der Waals surface area contributed by atoms with Crippen molar-refractivity contribution in [3.05, 3.63) is 65.9 Å². The van der Waals surface area contributed by atoms with Gasteiger partial charge < -0.3 is 24.8 Å². The zero-order valence-electron chi connectivity index (χ0n) is 19.2. The van der Waals surface area contributed by atoms with Crippen molar-refractivity contribution >= 4 is 27.6 Å². The molecule has 7 nitrogen and oxygen atoms in total. The molecule has 0 bridgehead atoms. The summed E-state index contributed by atoms with van der Waals surface area (Å²) in [5, 5.41) is 2.50. The monoisotopic (exact) mass is 445 g/mol. The third kappa shape index (κ3) is 4.68. The fourth-order valence-corrected chi connectivity index (χ4v) is 3.84. The number of nitrogens with two attached hydrogens (primary N) is 1. The third-order valence-corrected chi connectivity index (χ3v) is 5.53. The molecule has 170 valence electrons. The molecule has 0 saturated carbocycles. The van der Waals surface area contributed by atoms with Gasteiger partial charge in [-0.05, 0) is 73.3 Å². The van der Waals surface area contributed by atoms with Gasteiger partial charge in [0.2, 0.25) is 5.91 Å². The van der Waals surface area contributed by atoms with E-state index in [-0.39, 0.29) is 0 Å². The Morgan fingerprint density at radius 1 is 0.939 bits per heavy atom. The molecule has 33 heavy (non-hydrogen) atoms. The molecule has 4 aromatic rings. The number of benzene rings is 3. The Bertz CT molecular complexity index is 1330. The Kier molecular flexibility index (Phi) is 6.33. The van der Waals surface area contributed by atoms with Crippen LogP contribution in [0, 0.1) is 0 Å². The molecule has 0 spiro atoms. The molecule has 1 heterocycles. The second-order valence-electron chi connectivity index (χ2n) is 8.08. The Morgan fingerprint density at radius 3 is 2.39 bits per heavy atom. The number of fused-ring (bicyclic) bond motifs is 2. The van der Waals surface area contributed by atoms with Gasteiger partial charge in [-0.1, -0.05) is 6.07 Å². The van der Waals surface area contributed by atoms with Crippen LogP contribution in [0.2, 0.25) is 0 Å². The number of aromatic nitrogens is 1. The topological polar surface area (TPSA) is 86.9 Å². The molecular weight excluding hydrogens is 418 g/mol. The number of pyridine rings is 1. The van der Waals surface area contributed by atoms with Crippen LogP contribution < -0.4 is 19.9 Å². The lowest BCUT2D eigenvalue weighted by molar-refractivity contribution is 0.100. The molecule has 0 fully saturated rings. The summed E-state index contributed by atoms with van der Waals surface area (Å²) in [6, 6.07) is 15.1. The van der Waals surface area contributed by atoms with E-state index >= 15 is 0 Å². The van der Waals surface area contributed by atoms with Crippen molar-refractivity contribution in [2.45, 2.75) is 6.42 Å². The zero-order valence-corrected chi connectivity index (χ0v) is 19.2. The molecule has 2 N–H and O–H groups in total. The van der Waals surface area contributed by atoms with Gasteiger partial charge in [0.1, 0.15) is 11.5 Å². The van der Waals surface area contributed by atoms with E-state index in [1.54, 1.807) is 26.5 Å². The van der Waals surface area contributed by atoms with Crippen LogP contribution in [0.25, 0.3) is 21.7 Å². The number of hydrogen-bond donors (Lipinski definition) is 1. The molecule has 0 aliphatic heterocycles. The van der Waals surface area contributed by atoms with E-state index < -0.39 is 5.91 Å². The summed E-state index contributed by atoms with van der Waals surface area (Å²) in [5.74, 6) is 2.04. The first-order valence-corrected chi connectivity index (χ1v) is 10.6. The largest absolute Gasteiger partial charge is 0.493 e. The lowest BCUT2D eigenvalue weighted by Crippen LogP contribution is -2.16. The van der Waals surface area contributed by atoms with E-state index in [4.69, 9.17) is 19.9 Å². The van der Waals surface area contributed by atoms with Crippen LogP contribution in [0.5, 0.6) is 23.0 Å². The number of ether oxygens (including phenoxy) is 3. The molecule has 0 atom stereocenters. The van der Waals surface area contributed by atoms with Gasteiger partial charge in [-0.25, -0.2) is 0 Å². The molecule has 0 saturated heterocycles. The van der Waals surface area contributed by atoms with Gasteiger partial charge in [-0.3, -0.25) is 9.78 Å². The highest BCUT2D eigenvalue weighted by Crippen LogP contribution is 2.37. The molecule has 0 aliphatic rings. The molecule has 1 amide bonds. The van der Waals surface area contributed by atoms with Crippen LogP contribution in [-0.4, -0.2) is 50.7 Å². The Morgan fingerprint density at radius 2 is 1.70 bits per heavy atom. The van der Waals surface area contributed by atoms with E-state index in [0.717, 1.165) is 40.2 Å². The van der Waals surface area contributed by atoms with Crippen molar-refractivity contribution in [1.82, 2.24) is 9.88 Å². The van der Waals surface area contributed by atoms with Crippen LogP contribution in [-0.2, 0) is 6.42 Å². The van der Waals surface area contributed by atoms with Crippen LogP contribution in [0.3, 0.4) is 0 Å². The highest BCUT2D eigenvalue weighted by Gasteiger charge is 2.13. The standard InChI is InChI=1S/C26H27N3O4/c1-29(2)10-8-16-11-17-13-18(5-6-19(17)20(12-16)26(27)30)33-23-7-9-28-22-15-25(32-4)24(31-3)14-21(22)23/h5-7,9,11-15H,8,10H2,1-4H3,(H2,27,30). The number of amides is 1. The minimum Gasteiger partial charge on any atom is -0.493 e. The van der Waals surface area contributed by atoms with Gasteiger partial charge in [-0.15, -0.1) is 0 Å². The minimum absolute atomic E-state index is 0.443. The first-order chi connectivity index (χ1) is 15.9. The summed E-state index contributed by atoms with van der Waals surface area (Å²) >= 11 is 0. The molecule has 4 rings (SSSR count). The zero-order chi connectivity index (χ0) is 23.5. The number of nitrogens with zero attached hydrogens (tertiary/aromatic N) is 2. The summed E-state index contributed by atoms with van der Waals surface area (Å²) in [5.41, 5.74) is 7.96. The van der Waals surface area contributed by atoms with Crippen LogP contribution in [0.4, 0.5) is 0 Å². The second-order valence-corrected chi connectivity index (χ2v) is 8.08. The van der Waals surface area contributed by atoms with Gasteiger partial charge >= 0.3 is 0 Å². The number of carbonyl (C=O) groups excluding carboxylic acids is 1. The van der Waals surface area contributed by atoms with Crippen LogP contribution in [0.1, 0.15) is 15.9 Å². The fraction of sp³-hybridized carbons (Fsp3) is 0.231. The molecular formula is C26H27N3O4. The maximum atomic E-state index is 12.1. The number of carbonyl (C=O) groups is 1. The Balaban J connectivity index is 1.76. The SMILES string of the molecule is COc1cc2nccc(Oc3ccc4c(C(N)=O)cc(CCN(C)C)cc4c3)c2cc1OC. The number of likely N-dealkylation sites (N-methyl/N-ethyl adjacent to an activating group) is 1. The Labute approximate surface area is 192 Å². The average molecular weight is 446 g/mol. The molecule has 0 aliphatic carbocycles. The van der Waals surface area contributed by atoms with Crippen molar-refractivity contribution in [1.29, 1.82) is 0 Å². The molecule has 3 aromatic carbocycles. The summed E-state index contributed by atoms with van der Waals surface area (Å²) in [6.07, 6.45) is 2.50. The number of methoxy groups -OCH3 is 2.